The average molecular weight is 495 g/mol. The van der Waals surface area contributed by atoms with Gasteiger partial charge < -0.3 is 19.8 Å². The Bertz CT molecular complexity index is 1060. The first-order valence-corrected chi connectivity index (χ1v) is 10.9. The summed E-state index contributed by atoms with van der Waals surface area (Å²) in [5, 5.41) is 14.7. The fourth-order valence-electron chi connectivity index (χ4n) is 3.29. The SMILES string of the molecule is CCCCCC(CN(O)C=O)C(=O)NCNC(=O)c1ccc(-c2ccc(F)c(C(=O)OC)c2F)o1. The molecule has 0 bridgehead atoms. The number of rotatable bonds is 13. The number of hydrogen-bond acceptors (Lipinski definition) is 7. The van der Waals surface area contributed by atoms with Gasteiger partial charge in [0.25, 0.3) is 5.91 Å². The molecular formula is C23H27F2N3O7. The molecule has 10 nitrogen and oxygen atoms in total. The van der Waals surface area contributed by atoms with Gasteiger partial charge in [-0.15, -0.1) is 0 Å². The fraction of sp³-hybridized carbons (Fsp3) is 0.391. The number of benzene rings is 1. The third kappa shape index (κ3) is 7.34. The maximum absolute atomic E-state index is 14.7. The molecular weight excluding hydrogens is 468 g/mol. The van der Waals surface area contributed by atoms with Crippen LogP contribution in [0, 0.1) is 17.6 Å². The molecule has 0 fully saturated rings. The molecule has 1 unspecified atom stereocenters. The molecule has 1 heterocycles. The van der Waals surface area contributed by atoms with Crippen molar-refractivity contribution in [3.8, 4) is 11.3 Å². The largest absolute Gasteiger partial charge is 0.465 e. The number of hydroxylamine groups is 2. The van der Waals surface area contributed by atoms with Crippen LogP contribution in [0.5, 0.6) is 0 Å². The predicted octanol–water partition coefficient (Wildman–Crippen LogP) is 2.86. The highest BCUT2D eigenvalue weighted by molar-refractivity contribution is 5.93. The number of carbonyl (C=O) groups excluding carboxylic acids is 4. The summed E-state index contributed by atoms with van der Waals surface area (Å²) in [7, 11) is 0.984. The number of amides is 3. The zero-order valence-corrected chi connectivity index (χ0v) is 19.3. The Kier molecular flexibility index (Phi) is 10.3. The molecule has 190 valence electrons. The van der Waals surface area contributed by atoms with Gasteiger partial charge in [0.2, 0.25) is 12.3 Å². The van der Waals surface area contributed by atoms with Crippen LogP contribution in [0.15, 0.2) is 28.7 Å². The summed E-state index contributed by atoms with van der Waals surface area (Å²) in [5.41, 5.74) is -1.14. The van der Waals surface area contributed by atoms with E-state index in [2.05, 4.69) is 15.4 Å². The average Bonchev–Trinajstić information content (AvgIpc) is 3.33. The van der Waals surface area contributed by atoms with Crippen molar-refractivity contribution in [3.63, 3.8) is 0 Å². The number of halogens is 2. The standard InChI is InChI=1S/C23H27F2N3O7/c1-3-4-5-6-14(11-28(33)13-29)21(30)26-12-27-22(31)18-10-9-17(35-18)15-7-8-16(24)19(20(15)25)23(32)34-2/h7-10,13-14,33H,3-6,11-12H2,1-2H3,(H,26,30)(H,27,31). The molecule has 12 heteroatoms. The van der Waals surface area contributed by atoms with Crippen molar-refractivity contribution >= 4 is 24.2 Å². The molecule has 0 aliphatic heterocycles. The van der Waals surface area contributed by atoms with Gasteiger partial charge in [0.15, 0.2) is 11.6 Å². The van der Waals surface area contributed by atoms with E-state index in [1.54, 1.807) is 0 Å². The van der Waals surface area contributed by atoms with E-state index in [0.29, 0.717) is 11.5 Å². The van der Waals surface area contributed by atoms with Crippen LogP contribution in [0.1, 0.15) is 53.5 Å². The molecule has 0 spiro atoms. The summed E-state index contributed by atoms with van der Waals surface area (Å²) in [5.74, 6) is -5.73. The molecule has 1 atom stereocenters. The normalized spacial score (nSPS) is 11.5. The first-order valence-electron chi connectivity index (χ1n) is 10.9. The van der Waals surface area contributed by atoms with Crippen molar-refractivity contribution in [3.05, 3.63) is 47.2 Å². The Morgan fingerprint density at radius 1 is 1.17 bits per heavy atom. The quantitative estimate of drug-likeness (QED) is 0.0970. The summed E-state index contributed by atoms with van der Waals surface area (Å²) in [6, 6.07) is 4.44. The minimum absolute atomic E-state index is 0.130. The van der Waals surface area contributed by atoms with Crippen molar-refractivity contribution in [1.82, 2.24) is 15.7 Å². The molecule has 35 heavy (non-hydrogen) atoms. The number of hydrogen-bond donors (Lipinski definition) is 3. The third-order valence-electron chi connectivity index (χ3n) is 5.14. The van der Waals surface area contributed by atoms with E-state index in [0.717, 1.165) is 38.5 Å². The minimum atomic E-state index is -1.20. The second-order valence-electron chi connectivity index (χ2n) is 7.58. The summed E-state index contributed by atoms with van der Waals surface area (Å²) in [6.07, 6.45) is 3.17. The first-order chi connectivity index (χ1) is 16.7. The number of methoxy groups -OCH3 is 1. The van der Waals surface area contributed by atoms with Gasteiger partial charge in [-0.1, -0.05) is 26.2 Å². The second-order valence-corrected chi connectivity index (χ2v) is 7.58. The highest BCUT2D eigenvalue weighted by Crippen LogP contribution is 2.28. The van der Waals surface area contributed by atoms with E-state index >= 15 is 0 Å². The lowest BCUT2D eigenvalue weighted by Crippen LogP contribution is -2.42. The van der Waals surface area contributed by atoms with Gasteiger partial charge in [0.1, 0.15) is 17.1 Å². The molecule has 3 N–H and O–H groups in total. The number of nitrogens with zero attached hydrogens (tertiary/aromatic N) is 1. The lowest BCUT2D eigenvalue weighted by atomic mass is 10.0. The van der Waals surface area contributed by atoms with E-state index in [-0.39, 0.29) is 36.7 Å². The summed E-state index contributed by atoms with van der Waals surface area (Å²) >= 11 is 0. The highest BCUT2D eigenvalue weighted by atomic mass is 19.1. The molecule has 0 saturated carbocycles. The molecule has 0 aliphatic carbocycles. The molecule has 1 aromatic carbocycles. The highest BCUT2D eigenvalue weighted by Gasteiger charge is 2.24. The van der Waals surface area contributed by atoms with Crippen LogP contribution in [0.4, 0.5) is 8.78 Å². The van der Waals surface area contributed by atoms with Crippen molar-refractivity contribution < 1.29 is 42.3 Å². The summed E-state index contributed by atoms with van der Waals surface area (Å²) in [4.78, 5) is 47.1. The maximum atomic E-state index is 14.7. The van der Waals surface area contributed by atoms with E-state index in [1.807, 2.05) is 6.92 Å². The topological polar surface area (TPSA) is 138 Å². The molecule has 2 rings (SSSR count). The van der Waals surface area contributed by atoms with Gasteiger partial charge in [0, 0.05) is 0 Å². The van der Waals surface area contributed by atoms with E-state index in [4.69, 9.17) is 4.42 Å². The lowest BCUT2D eigenvalue weighted by molar-refractivity contribution is -0.154. The molecule has 1 aromatic heterocycles. The molecule has 0 radical (unpaired) electrons. The Labute approximate surface area is 200 Å². The number of esters is 1. The fourth-order valence-corrected chi connectivity index (χ4v) is 3.29. The number of unbranched alkanes of at least 4 members (excludes halogenated alkanes) is 2. The molecule has 0 saturated heterocycles. The van der Waals surface area contributed by atoms with Crippen LogP contribution >= 0.6 is 0 Å². The van der Waals surface area contributed by atoms with Gasteiger partial charge >= 0.3 is 5.97 Å². The summed E-state index contributed by atoms with van der Waals surface area (Å²) in [6.45, 7) is 1.53. The smallest absolute Gasteiger partial charge is 0.343 e. The van der Waals surface area contributed by atoms with E-state index in [1.165, 1.54) is 12.1 Å². The Morgan fingerprint density at radius 2 is 1.91 bits per heavy atom. The second kappa shape index (κ2) is 13.2. The zero-order valence-electron chi connectivity index (χ0n) is 19.3. The minimum Gasteiger partial charge on any atom is -0.465 e. The van der Waals surface area contributed by atoms with Crippen molar-refractivity contribution in [1.29, 1.82) is 0 Å². The zero-order chi connectivity index (χ0) is 26.0. The third-order valence-corrected chi connectivity index (χ3v) is 5.14. The van der Waals surface area contributed by atoms with Crippen LogP contribution in [0.25, 0.3) is 11.3 Å². The monoisotopic (exact) mass is 495 g/mol. The van der Waals surface area contributed by atoms with Crippen LogP contribution < -0.4 is 10.6 Å². The van der Waals surface area contributed by atoms with Crippen molar-refractivity contribution in [2.24, 2.45) is 5.92 Å². The van der Waals surface area contributed by atoms with Gasteiger partial charge in [-0.05, 0) is 30.7 Å². The van der Waals surface area contributed by atoms with E-state index in [9.17, 15) is 33.2 Å². The molecule has 3 amide bonds. The lowest BCUT2D eigenvalue weighted by Gasteiger charge is -2.19. The number of nitrogens with one attached hydrogen (secondary N) is 2. The molecule has 2 aromatic rings. The van der Waals surface area contributed by atoms with Crippen molar-refractivity contribution in [2.45, 2.75) is 32.6 Å². The van der Waals surface area contributed by atoms with Gasteiger partial charge in [-0.2, -0.15) is 0 Å². The van der Waals surface area contributed by atoms with Gasteiger partial charge in [-0.3, -0.25) is 19.6 Å². The first kappa shape index (κ1) is 27.4. The number of carbonyl (C=O) groups is 4. The van der Waals surface area contributed by atoms with Crippen LogP contribution in [-0.2, 0) is 14.3 Å². The van der Waals surface area contributed by atoms with Crippen molar-refractivity contribution in [2.75, 3.05) is 20.3 Å². The van der Waals surface area contributed by atoms with Crippen LogP contribution in [0.2, 0.25) is 0 Å². The Hall–Kier alpha value is -3.80. The van der Waals surface area contributed by atoms with Gasteiger partial charge in [0.05, 0.1) is 31.8 Å². The van der Waals surface area contributed by atoms with Crippen LogP contribution in [-0.4, -0.2) is 54.8 Å². The van der Waals surface area contributed by atoms with E-state index < -0.39 is 40.9 Å². The Balaban J connectivity index is 2.02. The maximum Gasteiger partial charge on any atom is 0.343 e. The van der Waals surface area contributed by atoms with Crippen LogP contribution in [0.3, 0.4) is 0 Å². The molecule has 0 aliphatic rings. The number of furan rings is 1. The predicted molar refractivity (Wildman–Crippen MR) is 118 cm³/mol. The van der Waals surface area contributed by atoms with Gasteiger partial charge in [-0.25, -0.2) is 18.6 Å². The number of ether oxygens (including phenoxy) is 1. The Morgan fingerprint density at radius 3 is 2.57 bits per heavy atom. The summed E-state index contributed by atoms with van der Waals surface area (Å²) < 4.78 is 38.2.